The third-order valence-corrected chi connectivity index (χ3v) is 2.04. The molecule has 0 atom stereocenters. The van der Waals surface area contributed by atoms with Gasteiger partial charge in [0.15, 0.2) is 0 Å². The SMILES string of the molecule is N#CCc1c(CN)cc(C(F)F)nc1C#N. The topological polar surface area (TPSA) is 86.5 Å². The average Bonchev–Trinajstić information content (AvgIpc) is 2.29. The Morgan fingerprint density at radius 3 is 2.56 bits per heavy atom. The lowest BCUT2D eigenvalue weighted by molar-refractivity contribution is 0.146. The summed E-state index contributed by atoms with van der Waals surface area (Å²) >= 11 is 0. The number of halogens is 2. The van der Waals surface area contributed by atoms with Crippen LogP contribution in [0.4, 0.5) is 8.78 Å². The van der Waals surface area contributed by atoms with Gasteiger partial charge in [-0.05, 0) is 11.6 Å². The molecule has 0 unspecified atom stereocenters. The Morgan fingerprint density at radius 2 is 2.12 bits per heavy atom. The van der Waals surface area contributed by atoms with Crippen molar-refractivity contribution in [3.8, 4) is 12.1 Å². The van der Waals surface area contributed by atoms with Gasteiger partial charge in [-0.15, -0.1) is 0 Å². The predicted octanol–water partition coefficient (Wildman–Crippen LogP) is 1.42. The van der Waals surface area contributed by atoms with Gasteiger partial charge in [-0.2, -0.15) is 10.5 Å². The molecular weight excluding hydrogens is 214 g/mol. The van der Waals surface area contributed by atoms with Crippen molar-refractivity contribution in [2.45, 2.75) is 19.4 Å². The van der Waals surface area contributed by atoms with Gasteiger partial charge in [-0.25, -0.2) is 13.8 Å². The molecule has 0 saturated heterocycles. The van der Waals surface area contributed by atoms with E-state index in [2.05, 4.69) is 4.98 Å². The van der Waals surface area contributed by atoms with E-state index in [0.717, 1.165) is 6.07 Å². The van der Waals surface area contributed by atoms with E-state index >= 15 is 0 Å². The average molecular weight is 222 g/mol. The molecule has 1 aromatic heterocycles. The Hall–Kier alpha value is -2.05. The lowest BCUT2D eigenvalue weighted by Gasteiger charge is -2.08. The molecule has 0 fully saturated rings. The van der Waals surface area contributed by atoms with E-state index in [1.54, 1.807) is 6.07 Å². The molecule has 1 aromatic rings. The van der Waals surface area contributed by atoms with Crippen LogP contribution in [0, 0.1) is 22.7 Å². The summed E-state index contributed by atoms with van der Waals surface area (Å²) in [6.45, 7) is -0.00602. The molecule has 0 aliphatic carbocycles. The minimum Gasteiger partial charge on any atom is -0.326 e. The van der Waals surface area contributed by atoms with Crippen molar-refractivity contribution < 1.29 is 8.78 Å². The van der Waals surface area contributed by atoms with E-state index in [1.807, 2.05) is 6.07 Å². The molecule has 0 saturated carbocycles. The third kappa shape index (κ3) is 2.30. The van der Waals surface area contributed by atoms with Crippen LogP contribution >= 0.6 is 0 Å². The first-order chi connectivity index (χ1) is 7.63. The van der Waals surface area contributed by atoms with Crippen molar-refractivity contribution in [3.63, 3.8) is 0 Å². The number of alkyl halides is 2. The molecule has 16 heavy (non-hydrogen) atoms. The first-order valence-corrected chi connectivity index (χ1v) is 4.42. The number of aromatic nitrogens is 1. The summed E-state index contributed by atoms with van der Waals surface area (Å²) in [5.74, 6) is 0. The van der Waals surface area contributed by atoms with E-state index in [-0.39, 0.29) is 18.7 Å². The number of rotatable bonds is 3. The van der Waals surface area contributed by atoms with Gasteiger partial charge >= 0.3 is 0 Å². The molecular formula is C10H8F2N4. The van der Waals surface area contributed by atoms with Gasteiger partial charge in [0, 0.05) is 12.1 Å². The van der Waals surface area contributed by atoms with Crippen molar-refractivity contribution in [1.29, 1.82) is 10.5 Å². The smallest absolute Gasteiger partial charge is 0.280 e. The van der Waals surface area contributed by atoms with E-state index in [9.17, 15) is 8.78 Å². The van der Waals surface area contributed by atoms with Crippen LogP contribution in [0.1, 0.15) is 28.9 Å². The Balaban J connectivity index is 3.39. The second kappa shape index (κ2) is 5.15. The van der Waals surface area contributed by atoms with E-state index in [0.29, 0.717) is 11.1 Å². The van der Waals surface area contributed by atoms with E-state index in [4.69, 9.17) is 16.3 Å². The fourth-order valence-electron chi connectivity index (χ4n) is 1.31. The highest BCUT2D eigenvalue weighted by molar-refractivity contribution is 5.41. The lowest BCUT2D eigenvalue weighted by Crippen LogP contribution is -2.08. The van der Waals surface area contributed by atoms with E-state index in [1.165, 1.54) is 0 Å². The largest absolute Gasteiger partial charge is 0.326 e. The highest BCUT2D eigenvalue weighted by Crippen LogP contribution is 2.22. The maximum absolute atomic E-state index is 12.4. The Labute approximate surface area is 90.9 Å². The Kier molecular flexibility index (Phi) is 3.87. The standard InChI is InChI=1S/C10H8F2N4/c11-10(12)8-3-6(4-14)7(1-2-13)9(5-15)16-8/h3,10H,1,4,14H2. The number of nitrogens with two attached hydrogens (primary N) is 1. The highest BCUT2D eigenvalue weighted by atomic mass is 19.3. The zero-order valence-corrected chi connectivity index (χ0v) is 8.24. The van der Waals surface area contributed by atoms with Crippen molar-refractivity contribution in [2.75, 3.05) is 0 Å². The van der Waals surface area contributed by atoms with Gasteiger partial charge in [0.1, 0.15) is 17.5 Å². The second-order valence-corrected chi connectivity index (χ2v) is 2.98. The summed E-state index contributed by atoms with van der Waals surface area (Å²) in [5.41, 5.74) is 5.44. The second-order valence-electron chi connectivity index (χ2n) is 2.98. The zero-order chi connectivity index (χ0) is 12.1. The summed E-state index contributed by atoms with van der Waals surface area (Å²) in [6, 6.07) is 4.68. The van der Waals surface area contributed by atoms with Crippen LogP contribution in [0.5, 0.6) is 0 Å². The molecule has 0 aromatic carbocycles. The summed E-state index contributed by atoms with van der Waals surface area (Å²) in [6.07, 6.45) is -2.82. The van der Waals surface area contributed by atoms with Gasteiger partial charge in [0.25, 0.3) is 6.43 Å². The molecule has 2 N–H and O–H groups in total. The number of hydrogen-bond acceptors (Lipinski definition) is 4. The minimum absolute atomic E-state index is 0.00602. The molecule has 82 valence electrons. The monoisotopic (exact) mass is 222 g/mol. The third-order valence-electron chi connectivity index (χ3n) is 2.04. The molecule has 6 heteroatoms. The van der Waals surface area contributed by atoms with Gasteiger partial charge < -0.3 is 5.73 Å². The fraction of sp³-hybridized carbons (Fsp3) is 0.300. The number of hydrogen-bond donors (Lipinski definition) is 1. The van der Waals surface area contributed by atoms with Crippen molar-refractivity contribution in [2.24, 2.45) is 5.73 Å². The van der Waals surface area contributed by atoms with E-state index < -0.39 is 12.1 Å². The van der Waals surface area contributed by atoms with Crippen molar-refractivity contribution >= 4 is 0 Å². The minimum atomic E-state index is -2.76. The summed E-state index contributed by atoms with van der Waals surface area (Å²) < 4.78 is 24.9. The summed E-state index contributed by atoms with van der Waals surface area (Å²) in [4.78, 5) is 3.50. The first-order valence-electron chi connectivity index (χ1n) is 4.42. The van der Waals surface area contributed by atoms with Crippen LogP contribution in [0.2, 0.25) is 0 Å². The zero-order valence-electron chi connectivity index (χ0n) is 8.24. The lowest BCUT2D eigenvalue weighted by atomic mass is 10.0. The van der Waals surface area contributed by atoms with Crippen LogP contribution in [-0.4, -0.2) is 4.98 Å². The quantitative estimate of drug-likeness (QED) is 0.837. The maximum Gasteiger partial charge on any atom is 0.280 e. The molecule has 1 heterocycles. The van der Waals surface area contributed by atoms with Crippen LogP contribution in [0.15, 0.2) is 6.07 Å². The number of nitrogens with zero attached hydrogens (tertiary/aromatic N) is 3. The predicted molar refractivity (Wildman–Crippen MR) is 51.1 cm³/mol. The van der Waals surface area contributed by atoms with Crippen LogP contribution < -0.4 is 5.73 Å². The molecule has 4 nitrogen and oxygen atoms in total. The van der Waals surface area contributed by atoms with Gasteiger partial charge in [-0.3, -0.25) is 0 Å². The van der Waals surface area contributed by atoms with Crippen molar-refractivity contribution in [1.82, 2.24) is 4.98 Å². The van der Waals surface area contributed by atoms with Crippen LogP contribution in [0.25, 0.3) is 0 Å². The number of nitriles is 2. The molecule has 1 rings (SSSR count). The maximum atomic E-state index is 12.4. The van der Waals surface area contributed by atoms with Crippen LogP contribution in [-0.2, 0) is 13.0 Å². The molecule has 0 aliphatic rings. The Bertz CT molecular complexity index is 471. The summed E-state index contributed by atoms with van der Waals surface area (Å²) in [5, 5.41) is 17.3. The van der Waals surface area contributed by atoms with Gasteiger partial charge in [-0.1, -0.05) is 0 Å². The van der Waals surface area contributed by atoms with Crippen molar-refractivity contribution in [3.05, 3.63) is 28.6 Å². The molecule has 0 spiro atoms. The molecule has 0 radical (unpaired) electrons. The Morgan fingerprint density at radius 1 is 1.44 bits per heavy atom. The normalized spacial score (nSPS) is 9.88. The molecule has 0 aliphatic heterocycles. The molecule has 0 amide bonds. The van der Waals surface area contributed by atoms with Crippen LogP contribution in [0.3, 0.4) is 0 Å². The molecule has 0 bridgehead atoms. The summed E-state index contributed by atoms with van der Waals surface area (Å²) in [7, 11) is 0. The van der Waals surface area contributed by atoms with Gasteiger partial charge in [0.2, 0.25) is 0 Å². The van der Waals surface area contributed by atoms with Gasteiger partial charge in [0.05, 0.1) is 12.5 Å². The first kappa shape index (κ1) is 12.0. The highest BCUT2D eigenvalue weighted by Gasteiger charge is 2.16. The fourth-order valence-corrected chi connectivity index (χ4v) is 1.31. The number of pyridine rings is 1.